The molecule has 3 heteroatoms. The van der Waals surface area contributed by atoms with E-state index in [-0.39, 0.29) is 5.54 Å². The molecule has 3 rings (SSSR count). The van der Waals surface area contributed by atoms with Gasteiger partial charge in [0, 0.05) is 4.88 Å². The molecule has 0 radical (unpaired) electrons. The van der Waals surface area contributed by atoms with E-state index in [4.69, 9.17) is 4.98 Å². The van der Waals surface area contributed by atoms with E-state index in [0.717, 1.165) is 19.3 Å². The minimum atomic E-state index is 0.00648. The number of aromatic nitrogens is 1. The highest BCUT2D eigenvalue weighted by Crippen LogP contribution is 2.39. The number of nitrogens with one attached hydrogen (secondary N) is 1. The second-order valence-corrected chi connectivity index (χ2v) is 6.53. The molecule has 2 nitrogen and oxygen atoms in total. The third kappa shape index (κ3) is 2.01. The molecule has 0 spiro atoms. The van der Waals surface area contributed by atoms with Crippen molar-refractivity contribution in [1.29, 1.82) is 0 Å². The van der Waals surface area contributed by atoms with E-state index in [1.165, 1.54) is 26.7 Å². The molecule has 1 aliphatic rings. The summed E-state index contributed by atoms with van der Waals surface area (Å²) in [5.74, 6) is 0. The Labute approximate surface area is 118 Å². The zero-order valence-electron chi connectivity index (χ0n) is 11.8. The van der Waals surface area contributed by atoms with Crippen LogP contribution in [0.3, 0.4) is 0 Å². The molecule has 1 heterocycles. The number of likely N-dealkylation sites (N-methyl/N-ethyl adjacent to an activating group) is 1. The van der Waals surface area contributed by atoms with Crippen molar-refractivity contribution < 1.29 is 0 Å². The number of nitrogens with zero attached hydrogens (tertiary/aromatic N) is 1. The molecule has 1 aromatic carbocycles. The van der Waals surface area contributed by atoms with Gasteiger partial charge in [-0.05, 0) is 44.4 Å². The number of fused-ring (bicyclic) bond motifs is 1. The minimum absolute atomic E-state index is 0.00648. The van der Waals surface area contributed by atoms with Crippen molar-refractivity contribution in [3.8, 4) is 0 Å². The average Bonchev–Trinajstić information content (AvgIpc) is 2.99. The lowest BCUT2D eigenvalue weighted by molar-refractivity contribution is 0.379. The van der Waals surface area contributed by atoms with Gasteiger partial charge >= 0.3 is 0 Å². The van der Waals surface area contributed by atoms with E-state index in [9.17, 15) is 0 Å². The first-order valence-electron chi connectivity index (χ1n) is 6.91. The monoisotopic (exact) mass is 272 g/mol. The molecular formula is C16H20N2S. The first kappa shape index (κ1) is 12.8. The van der Waals surface area contributed by atoms with Gasteiger partial charge in [0.25, 0.3) is 0 Å². The second kappa shape index (κ2) is 4.73. The van der Waals surface area contributed by atoms with Crippen LogP contribution in [-0.2, 0) is 24.8 Å². The maximum absolute atomic E-state index is 4.89. The van der Waals surface area contributed by atoms with Crippen LogP contribution in [0.2, 0.25) is 0 Å². The Bertz CT molecular complexity index is 576. The summed E-state index contributed by atoms with van der Waals surface area (Å²) in [5.41, 5.74) is 4.18. The minimum Gasteiger partial charge on any atom is -0.308 e. The fourth-order valence-corrected chi connectivity index (χ4v) is 4.21. The molecule has 0 saturated heterocycles. The van der Waals surface area contributed by atoms with Gasteiger partial charge in [0.2, 0.25) is 0 Å². The van der Waals surface area contributed by atoms with E-state index in [1.807, 2.05) is 11.3 Å². The normalized spacial score (nSPS) is 16.6. The Morgan fingerprint density at radius 2 is 1.89 bits per heavy atom. The van der Waals surface area contributed by atoms with Crippen LogP contribution in [0.4, 0.5) is 0 Å². The van der Waals surface area contributed by atoms with Gasteiger partial charge in [-0.2, -0.15) is 0 Å². The summed E-state index contributed by atoms with van der Waals surface area (Å²) in [5, 5.41) is 4.80. The number of aryl methyl sites for hydroxylation is 2. The molecule has 1 aliphatic carbocycles. The first-order chi connectivity index (χ1) is 9.18. The number of hydrogen-bond donors (Lipinski definition) is 1. The van der Waals surface area contributed by atoms with Gasteiger partial charge in [0.15, 0.2) is 0 Å². The largest absolute Gasteiger partial charge is 0.308 e. The highest BCUT2D eigenvalue weighted by atomic mass is 32.1. The fourth-order valence-electron chi connectivity index (χ4n) is 3.01. The molecule has 2 aromatic rings. The quantitative estimate of drug-likeness (QED) is 0.928. The van der Waals surface area contributed by atoms with Crippen molar-refractivity contribution in [1.82, 2.24) is 10.3 Å². The summed E-state index contributed by atoms with van der Waals surface area (Å²) in [6.45, 7) is 4.37. The summed E-state index contributed by atoms with van der Waals surface area (Å²) in [6.07, 6.45) is 3.13. The van der Waals surface area contributed by atoms with Crippen LogP contribution in [0.5, 0.6) is 0 Å². The van der Waals surface area contributed by atoms with Crippen molar-refractivity contribution in [3.05, 3.63) is 51.0 Å². The van der Waals surface area contributed by atoms with Crippen LogP contribution < -0.4 is 5.32 Å². The molecule has 0 fully saturated rings. The fraction of sp³-hybridized carbons (Fsp3) is 0.438. The van der Waals surface area contributed by atoms with Crippen LogP contribution in [0.25, 0.3) is 0 Å². The molecule has 19 heavy (non-hydrogen) atoms. The van der Waals surface area contributed by atoms with Crippen molar-refractivity contribution in [2.75, 3.05) is 7.05 Å². The van der Waals surface area contributed by atoms with Gasteiger partial charge in [0.1, 0.15) is 5.01 Å². The molecule has 100 valence electrons. The molecule has 0 saturated carbocycles. The number of hydrogen-bond acceptors (Lipinski definition) is 3. The predicted molar refractivity (Wildman–Crippen MR) is 80.8 cm³/mol. The summed E-state index contributed by atoms with van der Waals surface area (Å²) >= 11 is 1.86. The molecule has 0 amide bonds. The lowest BCUT2D eigenvalue weighted by atomic mass is 9.97. The molecule has 0 bridgehead atoms. The van der Waals surface area contributed by atoms with Gasteiger partial charge in [-0.1, -0.05) is 31.2 Å². The maximum atomic E-state index is 4.89. The van der Waals surface area contributed by atoms with Gasteiger partial charge in [-0.15, -0.1) is 11.3 Å². The topological polar surface area (TPSA) is 24.9 Å². The van der Waals surface area contributed by atoms with Crippen LogP contribution in [-0.4, -0.2) is 12.0 Å². The molecular weight excluding hydrogens is 252 g/mol. The van der Waals surface area contributed by atoms with Gasteiger partial charge < -0.3 is 5.32 Å². The van der Waals surface area contributed by atoms with Crippen LogP contribution in [0, 0.1) is 6.92 Å². The Kier molecular flexibility index (Phi) is 3.19. The highest BCUT2D eigenvalue weighted by molar-refractivity contribution is 7.11. The summed E-state index contributed by atoms with van der Waals surface area (Å²) in [4.78, 5) is 6.26. The predicted octanol–water partition coefficient (Wildman–Crippen LogP) is 3.23. The van der Waals surface area contributed by atoms with Crippen molar-refractivity contribution in [2.24, 2.45) is 0 Å². The van der Waals surface area contributed by atoms with Crippen LogP contribution in [0.15, 0.2) is 24.3 Å². The number of benzene rings is 1. The zero-order chi connectivity index (χ0) is 13.5. The van der Waals surface area contributed by atoms with E-state index >= 15 is 0 Å². The Morgan fingerprint density at radius 3 is 2.37 bits per heavy atom. The number of thiazole rings is 1. The van der Waals surface area contributed by atoms with Crippen LogP contribution >= 0.6 is 11.3 Å². The maximum Gasteiger partial charge on any atom is 0.114 e. The Balaban J connectivity index is 2.02. The molecule has 1 aromatic heterocycles. The smallest absolute Gasteiger partial charge is 0.114 e. The van der Waals surface area contributed by atoms with Gasteiger partial charge in [0.05, 0.1) is 11.2 Å². The molecule has 0 unspecified atom stereocenters. The lowest BCUT2D eigenvalue weighted by Crippen LogP contribution is -2.40. The van der Waals surface area contributed by atoms with Crippen molar-refractivity contribution >= 4 is 11.3 Å². The summed E-state index contributed by atoms with van der Waals surface area (Å²) < 4.78 is 0. The number of rotatable bonds is 3. The molecule has 0 aliphatic heterocycles. The molecule has 0 atom stereocenters. The van der Waals surface area contributed by atoms with E-state index in [2.05, 4.69) is 50.5 Å². The first-order valence-corrected chi connectivity index (χ1v) is 7.72. The third-order valence-electron chi connectivity index (χ3n) is 4.22. The Hall–Kier alpha value is -1.19. The van der Waals surface area contributed by atoms with Crippen LogP contribution in [0.1, 0.15) is 33.6 Å². The summed E-state index contributed by atoms with van der Waals surface area (Å²) in [7, 11) is 2.06. The third-order valence-corrected chi connectivity index (χ3v) is 5.44. The van der Waals surface area contributed by atoms with Crippen molar-refractivity contribution in [3.63, 3.8) is 0 Å². The summed E-state index contributed by atoms with van der Waals surface area (Å²) in [6, 6.07) is 8.76. The Morgan fingerprint density at radius 1 is 1.26 bits per heavy atom. The van der Waals surface area contributed by atoms with E-state index in [0.29, 0.717) is 0 Å². The standard InChI is InChI=1S/C16H20N2S/c1-4-14-11(2)19-15(18-14)16(17-3)9-12-7-5-6-8-13(12)10-16/h5-8,17H,4,9-10H2,1-3H3. The lowest BCUT2D eigenvalue weighted by Gasteiger charge is -2.26. The second-order valence-electron chi connectivity index (χ2n) is 5.33. The van der Waals surface area contributed by atoms with Gasteiger partial charge in [-0.3, -0.25) is 0 Å². The zero-order valence-corrected chi connectivity index (χ0v) is 12.6. The van der Waals surface area contributed by atoms with E-state index < -0.39 is 0 Å². The SMILES string of the molecule is CCc1nc(C2(NC)Cc3ccccc3C2)sc1C. The van der Waals surface area contributed by atoms with Crippen molar-refractivity contribution in [2.45, 2.75) is 38.6 Å². The highest BCUT2D eigenvalue weighted by Gasteiger charge is 2.40. The average molecular weight is 272 g/mol. The molecule has 1 N–H and O–H groups in total. The van der Waals surface area contributed by atoms with E-state index in [1.54, 1.807) is 0 Å². The van der Waals surface area contributed by atoms with Gasteiger partial charge in [-0.25, -0.2) is 4.98 Å².